The smallest absolute Gasteiger partial charge is 0.147 e. The molecule has 0 saturated carbocycles. The molecular weight excluding hydrogens is 200 g/mol. The Hall–Kier alpha value is -1.16. The molecule has 2 aliphatic heterocycles. The molecule has 2 saturated heterocycles. The third-order valence-electron chi connectivity index (χ3n) is 3.87. The van der Waals surface area contributed by atoms with Crippen molar-refractivity contribution in [3.8, 4) is 0 Å². The highest BCUT2D eigenvalue weighted by Crippen LogP contribution is 2.37. The minimum atomic E-state index is 0.496. The number of anilines is 1. The number of rotatable bonds is 1. The van der Waals surface area contributed by atoms with Gasteiger partial charge in [-0.25, -0.2) is 4.98 Å². The van der Waals surface area contributed by atoms with E-state index in [1.165, 1.54) is 32.4 Å². The van der Waals surface area contributed by atoms with Gasteiger partial charge in [0.1, 0.15) is 5.82 Å². The van der Waals surface area contributed by atoms with Crippen molar-refractivity contribution < 1.29 is 0 Å². The molecule has 0 aliphatic carbocycles. The molecule has 0 amide bonds. The summed E-state index contributed by atoms with van der Waals surface area (Å²) < 4.78 is 0. The molecule has 1 spiro atoms. The number of piperidine rings is 1. The van der Waals surface area contributed by atoms with Gasteiger partial charge in [0.25, 0.3) is 0 Å². The topological polar surface area (TPSA) is 41.1 Å². The third kappa shape index (κ3) is 1.78. The summed E-state index contributed by atoms with van der Waals surface area (Å²) in [5.74, 6) is 1.03. The molecule has 3 heterocycles. The highest BCUT2D eigenvalue weighted by atomic mass is 15.2. The van der Waals surface area contributed by atoms with Crippen LogP contribution in [0.15, 0.2) is 18.6 Å². The molecule has 3 rings (SSSR count). The van der Waals surface area contributed by atoms with Crippen molar-refractivity contribution in [3.05, 3.63) is 18.6 Å². The van der Waals surface area contributed by atoms with Crippen LogP contribution in [0.5, 0.6) is 0 Å². The summed E-state index contributed by atoms with van der Waals surface area (Å²) in [7, 11) is 0. The number of nitrogens with zero attached hydrogens (tertiary/aromatic N) is 3. The second-order valence-corrected chi connectivity index (χ2v) is 5.02. The molecule has 4 nitrogen and oxygen atoms in total. The summed E-state index contributed by atoms with van der Waals surface area (Å²) in [6.45, 7) is 4.62. The minimum absolute atomic E-state index is 0.496. The second kappa shape index (κ2) is 4.01. The van der Waals surface area contributed by atoms with Crippen LogP contribution in [0.2, 0.25) is 0 Å². The fraction of sp³-hybridized carbons (Fsp3) is 0.667. The van der Waals surface area contributed by atoms with E-state index in [0.717, 1.165) is 18.9 Å². The van der Waals surface area contributed by atoms with Gasteiger partial charge in [-0.05, 0) is 25.8 Å². The highest BCUT2D eigenvalue weighted by molar-refractivity contribution is 5.37. The number of nitrogens with one attached hydrogen (secondary N) is 1. The molecule has 0 aromatic carbocycles. The Bertz CT molecular complexity index is 345. The van der Waals surface area contributed by atoms with Crippen LogP contribution in [-0.4, -0.2) is 36.1 Å². The molecule has 1 aromatic rings. The zero-order valence-corrected chi connectivity index (χ0v) is 9.52. The van der Waals surface area contributed by atoms with Crippen LogP contribution in [-0.2, 0) is 0 Å². The van der Waals surface area contributed by atoms with Gasteiger partial charge in [-0.15, -0.1) is 0 Å². The first-order chi connectivity index (χ1) is 7.88. The largest absolute Gasteiger partial charge is 0.355 e. The van der Waals surface area contributed by atoms with Crippen molar-refractivity contribution >= 4 is 5.82 Å². The maximum atomic E-state index is 4.38. The van der Waals surface area contributed by atoms with Crippen molar-refractivity contribution in [2.24, 2.45) is 5.41 Å². The SMILES string of the molecule is c1cnc(N2CC[C@@]3(CCCNC3)C2)cn1. The Kier molecular flexibility index (Phi) is 2.52. The Morgan fingerprint density at radius 1 is 1.31 bits per heavy atom. The molecule has 2 aliphatic rings. The Labute approximate surface area is 96.1 Å². The normalized spacial score (nSPS) is 29.9. The third-order valence-corrected chi connectivity index (χ3v) is 3.87. The molecule has 4 heteroatoms. The van der Waals surface area contributed by atoms with Crippen molar-refractivity contribution in [1.29, 1.82) is 0 Å². The molecule has 0 bridgehead atoms. The van der Waals surface area contributed by atoms with Crippen LogP contribution in [0.25, 0.3) is 0 Å². The lowest BCUT2D eigenvalue weighted by molar-refractivity contribution is 0.239. The maximum absolute atomic E-state index is 4.38. The summed E-state index contributed by atoms with van der Waals surface area (Å²) in [5.41, 5.74) is 0.496. The lowest BCUT2D eigenvalue weighted by atomic mass is 9.80. The summed E-state index contributed by atoms with van der Waals surface area (Å²) in [6.07, 6.45) is 9.34. The highest BCUT2D eigenvalue weighted by Gasteiger charge is 2.39. The van der Waals surface area contributed by atoms with Crippen molar-refractivity contribution in [3.63, 3.8) is 0 Å². The van der Waals surface area contributed by atoms with E-state index in [4.69, 9.17) is 0 Å². The molecule has 0 radical (unpaired) electrons. The first kappa shape index (κ1) is 10.0. The van der Waals surface area contributed by atoms with E-state index in [0.29, 0.717) is 5.41 Å². The van der Waals surface area contributed by atoms with Gasteiger partial charge in [0.2, 0.25) is 0 Å². The molecule has 16 heavy (non-hydrogen) atoms. The van der Waals surface area contributed by atoms with E-state index in [-0.39, 0.29) is 0 Å². The van der Waals surface area contributed by atoms with Gasteiger partial charge in [-0.3, -0.25) is 4.98 Å². The van der Waals surface area contributed by atoms with Crippen LogP contribution < -0.4 is 10.2 Å². The Balaban J connectivity index is 1.73. The van der Waals surface area contributed by atoms with Gasteiger partial charge in [-0.2, -0.15) is 0 Å². The molecule has 1 atom stereocenters. The first-order valence-corrected chi connectivity index (χ1v) is 6.10. The monoisotopic (exact) mass is 218 g/mol. The second-order valence-electron chi connectivity index (χ2n) is 5.02. The van der Waals surface area contributed by atoms with Gasteiger partial charge in [0.15, 0.2) is 0 Å². The predicted molar refractivity (Wildman–Crippen MR) is 63.4 cm³/mol. The van der Waals surface area contributed by atoms with Gasteiger partial charge in [0.05, 0.1) is 6.20 Å². The van der Waals surface area contributed by atoms with Crippen LogP contribution >= 0.6 is 0 Å². The predicted octanol–water partition coefficient (Wildman–Crippen LogP) is 1.06. The lowest BCUT2D eigenvalue weighted by Gasteiger charge is -2.33. The lowest BCUT2D eigenvalue weighted by Crippen LogP contribution is -2.42. The number of hydrogen-bond acceptors (Lipinski definition) is 4. The zero-order valence-electron chi connectivity index (χ0n) is 9.52. The number of hydrogen-bond donors (Lipinski definition) is 1. The van der Waals surface area contributed by atoms with Gasteiger partial charge in [-0.1, -0.05) is 0 Å². The van der Waals surface area contributed by atoms with Crippen molar-refractivity contribution in [2.75, 3.05) is 31.1 Å². The fourth-order valence-corrected chi connectivity index (χ4v) is 2.96. The van der Waals surface area contributed by atoms with E-state index >= 15 is 0 Å². The molecule has 0 unspecified atom stereocenters. The average molecular weight is 218 g/mol. The van der Waals surface area contributed by atoms with Crippen LogP contribution in [0.1, 0.15) is 19.3 Å². The summed E-state index contributed by atoms with van der Waals surface area (Å²) >= 11 is 0. The van der Waals surface area contributed by atoms with E-state index in [2.05, 4.69) is 20.2 Å². The molecule has 2 fully saturated rings. The average Bonchev–Trinajstić information content (AvgIpc) is 2.75. The quantitative estimate of drug-likeness (QED) is 0.765. The first-order valence-electron chi connectivity index (χ1n) is 6.10. The van der Waals surface area contributed by atoms with Crippen molar-refractivity contribution in [1.82, 2.24) is 15.3 Å². The van der Waals surface area contributed by atoms with E-state index < -0.39 is 0 Å². The summed E-state index contributed by atoms with van der Waals surface area (Å²) in [5, 5.41) is 3.53. The van der Waals surface area contributed by atoms with Gasteiger partial charge < -0.3 is 10.2 Å². The van der Waals surface area contributed by atoms with E-state index in [1.807, 2.05) is 6.20 Å². The Morgan fingerprint density at radius 3 is 3.06 bits per heavy atom. The van der Waals surface area contributed by atoms with Crippen molar-refractivity contribution in [2.45, 2.75) is 19.3 Å². The fourth-order valence-electron chi connectivity index (χ4n) is 2.96. The number of aromatic nitrogens is 2. The molecule has 86 valence electrons. The standard InChI is InChI=1S/C12H18N4/c1-2-12(9-14-4-1)3-7-16(10-12)11-8-13-5-6-15-11/h5-6,8,14H,1-4,7,9-10H2/t12-/m1/s1. The summed E-state index contributed by atoms with van der Waals surface area (Å²) in [4.78, 5) is 10.9. The van der Waals surface area contributed by atoms with E-state index in [9.17, 15) is 0 Å². The maximum Gasteiger partial charge on any atom is 0.147 e. The summed E-state index contributed by atoms with van der Waals surface area (Å²) in [6, 6.07) is 0. The molecular formula is C12H18N4. The van der Waals surface area contributed by atoms with Crippen LogP contribution in [0.4, 0.5) is 5.82 Å². The molecule has 1 aromatic heterocycles. The van der Waals surface area contributed by atoms with Gasteiger partial charge in [0, 0.05) is 37.4 Å². The zero-order chi connectivity index (χ0) is 10.8. The van der Waals surface area contributed by atoms with Crippen LogP contribution in [0.3, 0.4) is 0 Å². The van der Waals surface area contributed by atoms with Crippen LogP contribution in [0, 0.1) is 5.41 Å². The van der Waals surface area contributed by atoms with Gasteiger partial charge >= 0.3 is 0 Å². The Morgan fingerprint density at radius 2 is 2.31 bits per heavy atom. The molecule has 1 N–H and O–H groups in total. The van der Waals surface area contributed by atoms with E-state index in [1.54, 1.807) is 12.4 Å². The minimum Gasteiger partial charge on any atom is -0.355 e.